The summed E-state index contributed by atoms with van der Waals surface area (Å²) >= 11 is 0. The summed E-state index contributed by atoms with van der Waals surface area (Å²) in [6, 6.07) is 10.6. The van der Waals surface area contributed by atoms with Gasteiger partial charge in [-0.05, 0) is 37.6 Å². The van der Waals surface area contributed by atoms with E-state index in [-0.39, 0.29) is 17.1 Å². The highest BCUT2D eigenvalue weighted by atomic mass is 16.6. The monoisotopic (exact) mass is 316 g/mol. The maximum absolute atomic E-state index is 12.1. The summed E-state index contributed by atoms with van der Waals surface area (Å²) in [6.45, 7) is 3.45. The van der Waals surface area contributed by atoms with Crippen LogP contribution in [0.15, 0.2) is 42.5 Å². The van der Waals surface area contributed by atoms with Crippen LogP contribution in [0.25, 0.3) is 0 Å². The first kappa shape index (κ1) is 16.3. The minimum Gasteiger partial charge on any atom is -0.506 e. The van der Waals surface area contributed by atoms with Crippen molar-refractivity contribution in [1.82, 2.24) is 0 Å². The van der Waals surface area contributed by atoms with Crippen LogP contribution < -0.4 is 10.1 Å². The standard InChI is InChI=1S/C16H16N2O5/c1-10-4-3-5-13(8-10)23-11(2)16(20)17-14-9-12(18(21)22)6-7-15(14)19/h3-9,11,19H,1-2H3,(H,17,20). The van der Waals surface area contributed by atoms with E-state index in [0.717, 1.165) is 23.8 Å². The molecule has 0 heterocycles. The third kappa shape index (κ3) is 4.19. The summed E-state index contributed by atoms with van der Waals surface area (Å²) in [6.07, 6.45) is -0.838. The maximum atomic E-state index is 12.1. The number of benzene rings is 2. The van der Waals surface area contributed by atoms with Gasteiger partial charge in [0.05, 0.1) is 10.6 Å². The zero-order chi connectivity index (χ0) is 17.0. The minimum atomic E-state index is -0.838. The molecule has 0 aliphatic rings. The molecule has 0 radical (unpaired) electrons. The highest BCUT2D eigenvalue weighted by Gasteiger charge is 2.18. The van der Waals surface area contributed by atoms with E-state index in [4.69, 9.17) is 4.74 Å². The lowest BCUT2D eigenvalue weighted by Gasteiger charge is -2.15. The highest BCUT2D eigenvalue weighted by molar-refractivity contribution is 5.95. The number of anilines is 1. The molecule has 7 nitrogen and oxygen atoms in total. The van der Waals surface area contributed by atoms with E-state index < -0.39 is 16.9 Å². The molecule has 2 aromatic rings. The normalized spacial score (nSPS) is 11.6. The van der Waals surface area contributed by atoms with E-state index in [0.29, 0.717) is 5.75 Å². The van der Waals surface area contributed by atoms with Gasteiger partial charge in [-0.1, -0.05) is 12.1 Å². The largest absolute Gasteiger partial charge is 0.506 e. The van der Waals surface area contributed by atoms with Crippen molar-refractivity contribution in [1.29, 1.82) is 0 Å². The Bertz CT molecular complexity index is 745. The van der Waals surface area contributed by atoms with Gasteiger partial charge in [0.25, 0.3) is 11.6 Å². The average Bonchev–Trinajstić information content (AvgIpc) is 2.49. The molecule has 7 heteroatoms. The zero-order valence-corrected chi connectivity index (χ0v) is 12.6. The number of phenolic OH excluding ortho intramolecular Hbond substituents is 1. The maximum Gasteiger partial charge on any atom is 0.271 e. The number of ether oxygens (including phenoxy) is 1. The van der Waals surface area contributed by atoms with Crippen molar-refractivity contribution < 1.29 is 19.6 Å². The van der Waals surface area contributed by atoms with Crippen LogP contribution in [0.4, 0.5) is 11.4 Å². The van der Waals surface area contributed by atoms with Crippen molar-refractivity contribution >= 4 is 17.3 Å². The Morgan fingerprint density at radius 3 is 2.70 bits per heavy atom. The van der Waals surface area contributed by atoms with Crippen LogP contribution in [0.5, 0.6) is 11.5 Å². The second-order valence-electron chi connectivity index (χ2n) is 5.02. The smallest absolute Gasteiger partial charge is 0.271 e. The third-order valence-corrected chi connectivity index (χ3v) is 3.12. The lowest BCUT2D eigenvalue weighted by Crippen LogP contribution is -2.30. The van der Waals surface area contributed by atoms with Crippen LogP contribution in [0.1, 0.15) is 12.5 Å². The highest BCUT2D eigenvalue weighted by Crippen LogP contribution is 2.28. The van der Waals surface area contributed by atoms with Crippen LogP contribution >= 0.6 is 0 Å². The molecule has 0 saturated heterocycles. The Hall–Kier alpha value is -3.09. The summed E-state index contributed by atoms with van der Waals surface area (Å²) in [5, 5.41) is 22.9. The molecule has 120 valence electrons. The Kier molecular flexibility index (Phi) is 4.80. The molecule has 2 aromatic carbocycles. The Balaban J connectivity index is 2.09. The third-order valence-electron chi connectivity index (χ3n) is 3.12. The van der Waals surface area contributed by atoms with Crippen molar-refractivity contribution in [2.45, 2.75) is 20.0 Å². The van der Waals surface area contributed by atoms with E-state index in [2.05, 4.69) is 5.32 Å². The van der Waals surface area contributed by atoms with E-state index in [9.17, 15) is 20.0 Å². The van der Waals surface area contributed by atoms with Crippen molar-refractivity contribution in [2.24, 2.45) is 0 Å². The van der Waals surface area contributed by atoms with Gasteiger partial charge in [0.2, 0.25) is 0 Å². The quantitative estimate of drug-likeness (QED) is 0.501. The zero-order valence-electron chi connectivity index (χ0n) is 12.6. The number of hydrogen-bond donors (Lipinski definition) is 2. The molecule has 0 saturated carbocycles. The van der Waals surface area contributed by atoms with Crippen molar-refractivity contribution in [3.8, 4) is 11.5 Å². The fourth-order valence-corrected chi connectivity index (χ4v) is 1.92. The number of amides is 1. The molecule has 2 N–H and O–H groups in total. The fourth-order valence-electron chi connectivity index (χ4n) is 1.92. The number of nitro benzene ring substituents is 1. The van der Waals surface area contributed by atoms with Crippen LogP contribution in [0.3, 0.4) is 0 Å². The fraction of sp³-hybridized carbons (Fsp3) is 0.188. The molecule has 0 aliphatic heterocycles. The summed E-state index contributed by atoms with van der Waals surface area (Å²) in [4.78, 5) is 22.3. The number of carbonyl (C=O) groups is 1. The number of non-ortho nitro benzene ring substituents is 1. The van der Waals surface area contributed by atoms with E-state index in [1.54, 1.807) is 19.1 Å². The predicted octanol–water partition coefficient (Wildman–Crippen LogP) is 3.01. The summed E-state index contributed by atoms with van der Waals surface area (Å²) in [5.41, 5.74) is 0.723. The van der Waals surface area contributed by atoms with Gasteiger partial charge in [-0.3, -0.25) is 14.9 Å². The van der Waals surface area contributed by atoms with Crippen molar-refractivity contribution in [3.05, 3.63) is 58.1 Å². The number of carbonyl (C=O) groups excluding carboxylic acids is 1. The molecule has 0 spiro atoms. The lowest BCUT2D eigenvalue weighted by molar-refractivity contribution is -0.384. The van der Waals surface area contributed by atoms with Crippen molar-refractivity contribution in [3.63, 3.8) is 0 Å². The van der Waals surface area contributed by atoms with Gasteiger partial charge in [-0.25, -0.2) is 0 Å². The minimum absolute atomic E-state index is 0.0381. The summed E-state index contributed by atoms with van der Waals surface area (Å²) in [5.74, 6) is -0.245. The SMILES string of the molecule is Cc1cccc(OC(C)C(=O)Nc2cc([N+](=O)[O-])ccc2O)c1. The van der Waals surface area contributed by atoms with Gasteiger partial charge >= 0.3 is 0 Å². The molecule has 0 aliphatic carbocycles. The Morgan fingerprint density at radius 2 is 2.04 bits per heavy atom. The van der Waals surface area contributed by atoms with E-state index in [1.807, 2.05) is 19.1 Å². The summed E-state index contributed by atoms with van der Waals surface area (Å²) in [7, 11) is 0. The topological polar surface area (TPSA) is 102 Å². The van der Waals surface area contributed by atoms with Gasteiger partial charge in [0.1, 0.15) is 11.5 Å². The van der Waals surface area contributed by atoms with Gasteiger partial charge in [0, 0.05) is 12.1 Å². The summed E-state index contributed by atoms with van der Waals surface area (Å²) < 4.78 is 5.52. The molecule has 0 bridgehead atoms. The second kappa shape index (κ2) is 6.78. The molecule has 23 heavy (non-hydrogen) atoms. The van der Waals surface area contributed by atoms with Crippen LogP contribution in [0, 0.1) is 17.0 Å². The molecule has 1 unspecified atom stereocenters. The molecule has 0 aromatic heterocycles. The molecular formula is C16H16N2O5. The number of rotatable bonds is 5. The number of aromatic hydroxyl groups is 1. The second-order valence-corrected chi connectivity index (χ2v) is 5.02. The number of nitrogens with zero attached hydrogens (tertiary/aromatic N) is 1. The number of nitro groups is 1. The molecular weight excluding hydrogens is 300 g/mol. The average molecular weight is 316 g/mol. The first-order valence-corrected chi connectivity index (χ1v) is 6.88. The predicted molar refractivity (Wildman–Crippen MR) is 84.7 cm³/mol. The first-order valence-electron chi connectivity index (χ1n) is 6.88. The number of aryl methyl sites for hydroxylation is 1. The number of hydrogen-bond acceptors (Lipinski definition) is 5. The lowest BCUT2D eigenvalue weighted by atomic mass is 10.2. The van der Waals surface area contributed by atoms with E-state index >= 15 is 0 Å². The van der Waals surface area contributed by atoms with Gasteiger partial charge in [-0.2, -0.15) is 0 Å². The Labute approximate surface area is 132 Å². The van der Waals surface area contributed by atoms with Gasteiger partial charge in [-0.15, -0.1) is 0 Å². The molecule has 2 rings (SSSR count). The van der Waals surface area contributed by atoms with Gasteiger partial charge in [0.15, 0.2) is 6.10 Å². The molecule has 1 atom stereocenters. The first-order chi connectivity index (χ1) is 10.9. The van der Waals surface area contributed by atoms with E-state index in [1.165, 1.54) is 0 Å². The number of phenols is 1. The Morgan fingerprint density at radius 1 is 1.30 bits per heavy atom. The van der Waals surface area contributed by atoms with Crippen LogP contribution in [0.2, 0.25) is 0 Å². The van der Waals surface area contributed by atoms with Crippen molar-refractivity contribution in [2.75, 3.05) is 5.32 Å². The van der Waals surface area contributed by atoms with Crippen LogP contribution in [-0.4, -0.2) is 22.0 Å². The van der Waals surface area contributed by atoms with Crippen LogP contribution in [-0.2, 0) is 4.79 Å². The molecule has 0 fully saturated rings. The van der Waals surface area contributed by atoms with Gasteiger partial charge < -0.3 is 15.2 Å². The molecule has 1 amide bonds. The number of nitrogens with one attached hydrogen (secondary N) is 1.